The van der Waals surface area contributed by atoms with Gasteiger partial charge in [0.2, 0.25) is 5.91 Å². The van der Waals surface area contributed by atoms with Crippen molar-refractivity contribution in [3.8, 4) is 0 Å². The average molecular weight is 242 g/mol. The Bertz CT molecular complexity index is 578. The van der Waals surface area contributed by atoms with Crippen LogP contribution >= 0.6 is 0 Å². The lowest BCUT2D eigenvalue weighted by atomic mass is 9.96. The van der Waals surface area contributed by atoms with Crippen molar-refractivity contribution in [2.24, 2.45) is 0 Å². The monoisotopic (exact) mass is 242 g/mol. The van der Waals surface area contributed by atoms with Crippen molar-refractivity contribution in [3.63, 3.8) is 0 Å². The molecule has 18 heavy (non-hydrogen) atoms. The molecule has 0 radical (unpaired) electrons. The molecule has 2 aromatic carbocycles. The number of nitrogens with one attached hydrogen (secondary N) is 2. The zero-order valence-corrected chi connectivity index (χ0v) is 10.9. The summed E-state index contributed by atoms with van der Waals surface area (Å²) in [6.07, 6.45) is 0. The minimum Gasteiger partial charge on any atom is -0.291 e. The SMILES string of the molecule is CNNC(=O)C(C)c1ccc2cc(C)ccc2c1. The van der Waals surface area contributed by atoms with Crippen molar-refractivity contribution in [1.82, 2.24) is 10.9 Å². The minimum absolute atomic E-state index is 0.0241. The summed E-state index contributed by atoms with van der Waals surface area (Å²) in [5.74, 6) is -0.188. The molecule has 3 heteroatoms. The smallest absolute Gasteiger partial charge is 0.241 e. The third kappa shape index (κ3) is 2.51. The highest BCUT2D eigenvalue weighted by molar-refractivity contribution is 5.87. The lowest BCUT2D eigenvalue weighted by Gasteiger charge is -2.12. The normalized spacial score (nSPS) is 12.4. The van der Waals surface area contributed by atoms with Crippen molar-refractivity contribution < 1.29 is 4.79 Å². The van der Waals surface area contributed by atoms with E-state index in [1.54, 1.807) is 7.05 Å². The van der Waals surface area contributed by atoms with Gasteiger partial charge in [0.1, 0.15) is 0 Å². The summed E-state index contributed by atoms with van der Waals surface area (Å²) >= 11 is 0. The summed E-state index contributed by atoms with van der Waals surface area (Å²) in [6, 6.07) is 12.5. The number of hydrogen-bond donors (Lipinski definition) is 2. The largest absolute Gasteiger partial charge is 0.291 e. The molecule has 3 nitrogen and oxygen atoms in total. The van der Waals surface area contributed by atoms with Gasteiger partial charge in [-0.05, 0) is 30.2 Å². The number of hydrazine groups is 1. The van der Waals surface area contributed by atoms with E-state index in [0.29, 0.717) is 0 Å². The van der Waals surface area contributed by atoms with Gasteiger partial charge in [0, 0.05) is 7.05 Å². The molecule has 1 atom stereocenters. The van der Waals surface area contributed by atoms with E-state index in [1.165, 1.54) is 16.3 Å². The second-order valence-electron chi connectivity index (χ2n) is 4.57. The molecule has 2 rings (SSSR count). The van der Waals surface area contributed by atoms with Gasteiger partial charge in [0.25, 0.3) is 0 Å². The van der Waals surface area contributed by atoms with Crippen LogP contribution in [0.4, 0.5) is 0 Å². The summed E-state index contributed by atoms with van der Waals surface area (Å²) in [7, 11) is 1.69. The molecule has 0 aromatic heterocycles. The molecule has 0 saturated heterocycles. The molecule has 0 aliphatic heterocycles. The standard InChI is InChI=1S/C15H18N2O/c1-10-4-5-14-9-12(6-7-13(14)8-10)11(2)15(18)17-16-3/h4-9,11,16H,1-3H3,(H,17,18). The lowest BCUT2D eigenvalue weighted by Crippen LogP contribution is -2.37. The van der Waals surface area contributed by atoms with Gasteiger partial charge in [-0.1, -0.05) is 42.0 Å². The first-order valence-electron chi connectivity index (χ1n) is 6.08. The van der Waals surface area contributed by atoms with Gasteiger partial charge in [-0.25, -0.2) is 5.43 Å². The Hall–Kier alpha value is -1.87. The number of rotatable bonds is 3. The molecule has 1 unspecified atom stereocenters. The average Bonchev–Trinajstić information content (AvgIpc) is 2.37. The number of fused-ring (bicyclic) bond motifs is 1. The zero-order valence-electron chi connectivity index (χ0n) is 10.9. The molecule has 0 fully saturated rings. The Labute approximate surface area is 107 Å². The van der Waals surface area contributed by atoms with Gasteiger partial charge in [0.05, 0.1) is 5.92 Å². The summed E-state index contributed by atoms with van der Waals surface area (Å²) in [4.78, 5) is 11.8. The zero-order chi connectivity index (χ0) is 13.1. The van der Waals surface area contributed by atoms with Gasteiger partial charge in [-0.2, -0.15) is 0 Å². The number of benzene rings is 2. The topological polar surface area (TPSA) is 41.1 Å². The van der Waals surface area contributed by atoms with E-state index in [0.717, 1.165) is 5.56 Å². The maximum atomic E-state index is 11.8. The van der Waals surface area contributed by atoms with Crippen molar-refractivity contribution in [2.45, 2.75) is 19.8 Å². The van der Waals surface area contributed by atoms with Crippen molar-refractivity contribution in [2.75, 3.05) is 7.05 Å². The van der Waals surface area contributed by atoms with Crippen LogP contribution in [-0.4, -0.2) is 13.0 Å². The molecule has 0 aliphatic carbocycles. The molecule has 0 bridgehead atoms. The van der Waals surface area contributed by atoms with Crippen LogP contribution in [0.5, 0.6) is 0 Å². The fourth-order valence-electron chi connectivity index (χ4n) is 2.04. The van der Waals surface area contributed by atoms with E-state index in [4.69, 9.17) is 0 Å². The third-order valence-electron chi connectivity index (χ3n) is 3.16. The molecular formula is C15H18N2O. The summed E-state index contributed by atoms with van der Waals surface area (Å²) in [5, 5.41) is 2.38. The van der Waals surface area contributed by atoms with Crippen LogP contribution in [0.1, 0.15) is 24.0 Å². The Morgan fingerprint density at radius 3 is 2.50 bits per heavy atom. The Balaban J connectivity index is 2.35. The molecule has 0 spiro atoms. The van der Waals surface area contributed by atoms with Crippen LogP contribution in [0.15, 0.2) is 36.4 Å². The maximum Gasteiger partial charge on any atom is 0.241 e. The van der Waals surface area contributed by atoms with Gasteiger partial charge >= 0.3 is 0 Å². The van der Waals surface area contributed by atoms with Crippen molar-refractivity contribution in [1.29, 1.82) is 0 Å². The van der Waals surface area contributed by atoms with Crippen LogP contribution in [0.3, 0.4) is 0 Å². The first-order chi connectivity index (χ1) is 8.61. The molecule has 0 heterocycles. The fourth-order valence-corrected chi connectivity index (χ4v) is 2.04. The van der Waals surface area contributed by atoms with Gasteiger partial charge in [-0.15, -0.1) is 0 Å². The van der Waals surface area contributed by atoms with Gasteiger partial charge in [-0.3, -0.25) is 10.2 Å². The quantitative estimate of drug-likeness (QED) is 0.812. The van der Waals surface area contributed by atoms with Crippen LogP contribution in [0.25, 0.3) is 10.8 Å². The summed E-state index contributed by atoms with van der Waals surface area (Å²) in [6.45, 7) is 3.98. The Kier molecular flexibility index (Phi) is 3.63. The highest BCUT2D eigenvalue weighted by Crippen LogP contribution is 2.22. The van der Waals surface area contributed by atoms with E-state index in [1.807, 2.05) is 13.0 Å². The predicted molar refractivity (Wildman–Crippen MR) is 74.3 cm³/mol. The number of amides is 1. The highest BCUT2D eigenvalue weighted by Gasteiger charge is 2.14. The summed E-state index contributed by atoms with van der Waals surface area (Å²) in [5.41, 5.74) is 7.55. The van der Waals surface area contributed by atoms with Gasteiger partial charge in [0.15, 0.2) is 0 Å². The molecule has 2 aromatic rings. The van der Waals surface area contributed by atoms with Crippen LogP contribution in [-0.2, 0) is 4.79 Å². The fraction of sp³-hybridized carbons (Fsp3) is 0.267. The van der Waals surface area contributed by atoms with E-state index in [-0.39, 0.29) is 11.8 Å². The van der Waals surface area contributed by atoms with Crippen LogP contribution < -0.4 is 10.9 Å². The van der Waals surface area contributed by atoms with Crippen molar-refractivity contribution >= 4 is 16.7 Å². The molecule has 2 N–H and O–H groups in total. The maximum absolute atomic E-state index is 11.8. The minimum atomic E-state index is -0.164. The predicted octanol–water partition coefficient (Wildman–Crippen LogP) is 2.50. The number of aryl methyl sites for hydroxylation is 1. The van der Waals surface area contributed by atoms with Crippen LogP contribution in [0.2, 0.25) is 0 Å². The molecule has 1 amide bonds. The molecule has 0 aliphatic rings. The molecule has 94 valence electrons. The second kappa shape index (κ2) is 5.19. The molecule has 0 saturated carbocycles. The second-order valence-corrected chi connectivity index (χ2v) is 4.57. The lowest BCUT2D eigenvalue weighted by molar-refractivity contribution is -0.123. The van der Waals surface area contributed by atoms with E-state index >= 15 is 0 Å². The Morgan fingerprint density at radius 1 is 1.11 bits per heavy atom. The highest BCUT2D eigenvalue weighted by atomic mass is 16.2. The van der Waals surface area contributed by atoms with E-state index in [9.17, 15) is 4.79 Å². The third-order valence-corrected chi connectivity index (χ3v) is 3.16. The van der Waals surface area contributed by atoms with Gasteiger partial charge < -0.3 is 0 Å². The van der Waals surface area contributed by atoms with Crippen molar-refractivity contribution in [3.05, 3.63) is 47.5 Å². The first kappa shape index (κ1) is 12.6. The molecular weight excluding hydrogens is 224 g/mol. The van der Waals surface area contributed by atoms with E-state index < -0.39 is 0 Å². The Morgan fingerprint density at radius 2 is 1.78 bits per heavy atom. The van der Waals surface area contributed by atoms with Crippen LogP contribution in [0, 0.1) is 6.92 Å². The van der Waals surface area contributed by atoms with E-state index in [2.05, 4.69) is 48.1 Å². The summed E-state index contributed by atoms with van der Waals surface area (Å²) < 4.78 is 0. The number of carbonyl (C=O) groups excluding carboxylic acids is 1. The first-order valence-corrected chi connectivity index (χ1v) is 6.08. The number of hydrogen-bond acceptors (Lipinski definition) is 2. The number of carbonyl (C=O) groups is 1.